The first-order chi connectivity index (χ1) is 10.8. The molecule has 1 aliphatic heterocycles. The Hall–Kier alpha value is -1.97. The van der Waals surface area contributed by atoms with Crippen LogP contribution in [0.15, 0.2) is 30.0 Å². The van der Waals surface area contributed by atoms with E-state index in [1.165, 1.54) is 12.1 Å². The molecule has 2 rings (SSSR count). The molecule has 1 N–H and O–H groups in total. The highest BCUT2D eigenvalue weighted by atomic mass is 19.1. The van der Waals surface area contributed by atoms with Crippen molar-refractivity contribution in [3.8, 4) is 0 Å². The molecule has 3 nitrogen and oxygen atoms in total. The fourth-order valence-electron chi connectivity index (χ4n) is 2.04. The molecule has 1 amide bonds. The maximum Gasteiger partial charge on any atom is 0.224 e. The second-order valence-electron chi connectivity index (χ2n) is 5.61. The summed E-state index contributed by atoms with van der Waals surface area (Å²) < 4.78 is 12.6. The first-order valence-corrected chi connectivity index (χ1v) is 8.01. The number of rotatable bonds is 0. The van der Waals surface area contributed by atoms with E-state index in [2.05, 4.69) is 5.32 Å². The van der Waals surface area contributed by atoms with E-state index < -0.39 is 0 Å². The van der Waals surface area contributed by atoms with Gasteiger partial charge in [0.2, 0.25) is 5.91 Å². The number of hydrogen-bond acceptors (Lipinski definition) is 2. The summed E-state index contributed by atoms with van der Waals surface area (Å²) in [5.74, 6) is 0.139. The van der Waals surface area contributed by atoms with E-state index in [1.807, 2.05) is 33.8 Å². The molecular weight excluding hydrogens is 293 g/mol. The molecule has 0 saturated heterocycles. The molecule has 1 atom stereocenters. The van der Waals surface area contributed by atoms with Crippen molar-refractivity contribution in [1.82, 2.24) is 5.32 Å². The Balaban J connectivity index is 0.000000392. The Labute approximate surface area is 139 Å². The Morgan fingerprint density at radius 1 is 1.09 bits per heavy atom. The third-order valence-electron chi connectivity index (χ3n) is 3.12. The minimum atomic E-state index is -0.116. The fraction of sp³-hybridized carbons (Fsp3) is 0.474. The minimum Gasteiger partial charge on any atom is -0.330 e. The molecule has 4 heteroatoms. The standard InChI is InChI=1S/C9H13NO2.C8H9F.C2H6/c1-6-3-8(11)5-7(2)10-9(12)4-6;1-6-3-4-7(2)8(9)5-6;1-2/h5-6H,3-4H2,1-2H3,(H,10,12);3-5H,1-2H3;1-2H3/b7-5-;;. The van der Waals surface area contributed by atoms with E-state index in [4.69, 9.17) is 0 Å². The molecule has 1 unspecified atom stereocenters. The van der Waals surface area contributed by atoms with Crippen LogP contribution < -0.4 is 5.32 Å². The third kappa shape index (κ3) is 8.91. The first-order valence-electron chi connectivity index (χ1n) is 8.01. The van der Waals surface area contributed by atoms with Gasteiger partial charge in [0, 0.05) is 24.6 Å². The molecule has 0 aromatic heterocycles. The van der Waals surface area contributed by atoms with E-state index in [-0.39, 0.29) is 23.4 Å². The quantitative estimate of drug-likeness (QED) is 0.766. The van der Waals surface area contributed by atoms with Gasteiger partial charge in [0.15, 0.2) is 5.78 Å². The number of halogens is 1. The number of ketones is 1. The number of aryl methyl sites for hydroxylation is 2. The Morgan fingerprint density at radius 2 is 1.70 bits per heavy atom. The summed E-state index contributed by atoms with van der Waals surface area (Å²) >= 11 is 0. The van der Waals surface area contributed by atoms with Gasteiger partial charge in [0.25, 0.3) is 0 Å². The van der Waals surface area contributed by atoms with Gasteiger partial charge in [-0.2, -0.15) is 0 Å². The third-order valence-corrected chi connectivity index (χ3v) is 3.12. The topological polar surface area (TPSA) is 46.2 Å². The fourth-order valence-corrected chi connectivity index (χ4v) is 2.04. The van der Waals surface area contributed by atoms with Crippen LogP contribution in [0.5, 0.6) is 0 Å². The van der Waals surface area contributed by atoms with Crippen LogP contribution in [0.2, 0.25) is 0 Å². The normalized spacial score (nSPS) is 19.6. The molecule has 0 fully saturated rings. The molecule has 0 spiro atoms. The molecule has 1 aliphatic rings. The van der Waals surface area contributed by atoms with E-state index in [1.54, 1.807) is 19.9 Å². The molecule has 0 bridgehead atoms. The number of amides is 1. The van der Waals surface area contributed by atoms with Crippen LogP contribution in [0.1, 0.15) is 51.7 Å². The van der Waals surface area contributed by atoms with Gasteiger partial charge in [-0.05, 0) is 43.9 Å². The van der Waals surface area contributed by atoms with Crippen molar-refractivity contribution >= 4 is 11.7 Å². The van der Waals surface area contributed by atoms with Crippen molar-refractivity contribution in [2.24, 2.45) is 5.92 Å². The largest absolute Gasteiger partial charge is 0.330 e. The van der Waals surface area contributed by atoms with Gasteiger partial charge < -0.3 is 5.32 Å². The van der Waals surface area contributed by atoms with Gasteiger partial charge in [-0.3, -0.25) is 9.59 Å². The molecule has 1 aromatic carbocycles. The number of hydrogen-bond donors (Lipinski definition) is 1. The first kappa shape index (κ1) is 21.0. The molecular formula is C19H28FNO2. The number of allylic oxidation sites excluding steroid dienone is 2. The maximum atomic E-state index is 12.6. The van der Waals surface area contributed by atoms with E-state index in [0.717, 1.165) is 5.56 Å². The van der Waals surface area contributed by atoms with Crippen LogP contribution in [-0.2, 0) is 9.59 Å². The predicted molar refractivity (Wildman–Crippen MR) is 92.5 cm³/mol. The SMILES string of the molecule is C/C1=C/C(=O)CC(C)CC(=O)N1.CC.Cc1ccc(C)c(F)c1. The highest BCUT2D eigenvalue weighted by Gasteiger charge is 2.15. The molecule has 0 saturated carbocycles. The maximum absolute atomic E-state index is 12.6. The van der Waals surface area contributed by atoms with E-state index in [9.17, 15) is 14.0 Å². The monoisotopic (exact) mass is 321 g/mol. The lowest BCUT2D eigenvalue weighted by atomic mass is 9.98. The van der Waals surface area contributed by atoms with Gasteiger partial charge in [0.05, 0.1) is 0 Å². The Bertz CT molecular complexity index is 564. The van der Waals surface area contributed by atoms with Gasteiger partial charge >= 0.3 is 0 Å². The van der Waals surface area contributed by atoms with Crippen LogP contribution in [-0.4, -0.2) is 11.7 Å². The van der Waals surface area contributed by atoms with Crippen LogP contribution in [0.25, 0.3) is 0 Å². The van der Waals surface area contributed by atoms with Crippen molar-refractivity contribution in [3.05, 3.63) is 46.9 Å². The van der Waals surface area contributed by atoms with Crippen molar-refractivity contribution < 1.29 is 14.0 Å². The molecule has 1 aromatic rings. The number of carbonyl (C=O) groups is 2. The molecule has 23 heavy (non-hydrogen) atoms. The zero-order valence-corrected chi connectivity index (χ0v) is 15.0. The average molecular weight is 321 g/mol. The van der Waals surface area contributed by atoms with Crippen LogP contribution in [0.4, 0.5) is 4.39 Å². The van der Waals surface area contributed by atoms with Gasteiger partial charge in [-0.25, -0.2) is 4.39 Å². The van der Waals surface area contributed by atoms with Gasteiger partial charge in [-0.1, -0.05) is 32.9 Å². The van der Waals surface area contributed by atoms with Crippen molar-refractivity contribution in [2.75, 3.05) is 0 Å². The Kier molecular flexibility index (Phi) is 9.79. The summed E-state index contributed by atoms with van der Waals surface area (Å²) in [6.45, 7) is 11.3. The van der Waals surface area contributed by atoms with Crippen LogP contribution >= 0.6 is 0 Å². The van der Waals surface area contributed by atoms with Crippen LogP contribution in [0, 0.1) is 25.6 Å². The Morgan fingerprint density at radius 3 is 2.22 bits per heavy atom. The van der Waals surface area contributed by atoms with Gasteiger partial charge in [-0.15, -0.1) is 0 Å². The van der Waals surface area contributed by atoms with E-state index >= 15 is 0 Å². The van der Waals surface area contributed by atoms with Gasteiger partial charge in [0.1, 0.15) is 5.82 Å². The smallest absolute Gasteiger partial charge is 0.224 e. The van der Waals surface area contributed by atoms with Crippen molar-refractivity contribution in [2.45, 2.75) is 54.4 Å². The highest BCUT2D eigenvalue weighted by molar-refractivity contribution is 5.92. The number of nitrogens with one attached hydrogen (secondary N) is 1. The molecule has 128 valence electrons. The molecule has 1 heterocycles. The summed E-state index contributed by atoms with van der Waals surface area (Å²) in [6, 6.07) is 5.22. The lowest BCUT2D eigenvalue weighted by molar-refractivity contribution is -0.122. The summed E-state index contributed by atoms with van der Waals surface area (Å²) in [6.07, 6.45) is 2.41. The molecule has 0 aliphatic carbocycles. The second-order valence-corrected chi connectivity index (χ2v) is 5.61. The summed E-state index contributed by atoms with van der Waals surface area (Å²) in [4.78, 5) is 22.2. The minimum absolute atomic E-state index is 0.00347. The van der Waals surface area contributed by atoms with Crippen molar-refractivity contribution in [3.63, 3.8) is 0 Å². The summed E-state index contributed by atoms with van der Waals surface area (Å²) in [5, 5.41) is 2.64. The zero-order chi connectivity index (χ0) is 18.0. The molecule has 0 radical (unpaired) electrons. The lowest BCUT2D eigenvalue weighted by Gasteiger charge is -2.13. The highest BCUT2D eigenvalue weighted by Crippen LogP contribution is 2.11. The summed E-state index contributed by atoms with van der Waals surface area (Å²) in [7, 11) is 0. The average Bonchev–Trinajstić information content (AvgIpc) is 2.44. The summed E-state index contributed by atoms with van der Waals surface area (Å²) in [5.41, 5.74) is 2.33. The predicted octanol–water partition coefficient (Wildman–Crippen LogP) is 4.47. The number of benzene rings is 1. The van der Waals surface area contributed by atoms with Crippen LogP contribution in [0.3, 0.4) is 0 Å². The zero-order valence-electron chi connectivity index (χ0n) is 15.0. The van der Waals surface area contributed by atoms with E-state index in [0.29, 0.717) is 24.1 Å². The lowest BCUT2D eigenvalue weighted by Crippen LogP contribution is -2.26. The second kappa shape index (κ2) is 10.7. The van der Waals surface area contributed by atoms with Crippen molar-refractivity contribution in [1.29, 1.82) is 0 Å². The number of carbonyl (C=O) groups excluding carboxylic acids is 2.